The molecule has 1 aromatic heterocycles. The summed E-state index contributed by atoms with van der Waals surface area (Å²) in [4.78, 5) is 0. The SMILES string of the molecule is OCc1c(-c2ccccc2)noc1-c1ccccc1Br. The normalized spacial score (nSPS) is 10.7. The second kappa shape index (κ2) is 5.61. The second-order valence-corrected chi connectivity index (χ2v) is 5.20. The monoisotopic (exact) mass is 329 g/mol. The third-order valence-corrected chi connectivity index (χ3v) is 3.80. The molecule has 1 heterocycles. The number of rotatable bonds is 3. The molecule has 0 saturated heterocycles. The van der Waals surface area contributed by atoms with Crippen molar-refractivity contribution in [2.75, 3.05) is 0 Å². The van der Waals surface area contributed by atoms with E-state index in [2.05, 4.69) is 21.1 Å². The molecular weight excluding hydrogens is 318 g/mol. The van der Waals surface area contributed by atoms with Crippen LogP contribution in [-0.4, -0.2) is 10.3 Å². The molecule has 0 aliphatic heterocycles. The Bertz CT molecular complexity index is 722. The summed E-state index contributed by atoms with van der Waals surface area (Å²) < 4.78 is 6.38. The van der Waals surface area contributed by atoms with Crippen LogP contribution in [0, 0.1) is 0 Å². The van der Waals surface area contributed by atoms with E-state index in [4.69, 9.17) is 4.52 Å². The lowest BCUT2D eigenvalue weighted by Gasteiger charge is -2.03. The maximum Gasteiger partial charge on any atom is 0.174 e. The highest BCUT2D eigenvalue weighted by Crippen LogP contribution is 2.35. The molecule has 0 aliphatic rings. The first-order valence-electron chi connectivity index (χ1n) is 6.21. The van der Waals surface area contributed by atoms with Crippen molar-refractivity contribution in [1.29, 1.82) is 0 Å². The van der Waals surface area contributed by atoms with E-state index in [9.17, 15) is 5.11 Å². The lowest BCUT2D eigenvalue weighted by atomic mass is 10.0. The van der Waals surface area contributed by atoms with Gasteiger partial charge in [-0.1, -0.05) is 63.6 Å². The quantitative estimate of drug-likeness (QED) is 0.780. The van der Waals surface area contributed by atoms with Gasteiger partial charge in [0.15, 0.2) is 5.76 Å². The number of benzene rings is 2. The minimum atomic E-state index is -0.121. The standard InChI is InChI=1S/C16H12BrNO2/c17-14-9-5-4-8-12(14)16-13(10-19)15(18-20-16)11-6-2-1-3-7-11/h1-9,19H,10H2. The molecule has 20 heavy (non-hydrogen) atoms. The van der Waals surface area contributed by atoms with Crippen LogP contribution in [-0.2, 0) is 6.61 Å². The van der Waals surface area contributed by atoms with Crippen LogP contribution in [0.5, 0.6) is 0 Å². The number of aliphatic hydroxyl groups excluding tert-OH is 1. The Kier molecular flexibility index (Phi) is 3.67. The van der Waals surface area contributed by atoms with Gasteiger partial charge in [0.05, 0.1) is 12.2 Å². The Morgan fingerprint density at radius 2 is 1.70 bits per heavy atom. The lowest BCUT2D eigenvalue weighted by molar-refractivity contribution is 0.281. The smallest absolute Gasteiger partial charge is 0.174 e. The fraction of sp³-hybridized carbons (Fsp3) is 0.0625. The van der Waals surface area contributed by atoms with Crippen LogP contribution in [0.25, 0.3) is 22.6 Å². The highest BCUT2D eigenvalue weighted by molar-refractivity contribution is 9.10. The molecule has 0 fully saturated rings. The van der Waals surface area contributed by atoms with E-state index in [1.54, 1.807) is 0 Å². The van der Waals surface area contributed by atoms with Gasteiger partial charge in [-0.25, -0.2) is 0 Å². The Hall–Kier alpha value is -1.91. The summed E-state index contributed by atoms with van der Waals surface area (Å²) in [6.07, 6.45) is 0. The molecule has 0 amide bonds. The van der Waals surface area contributed by atoms with Gasteiger partial charge >= 0.3 is 0 Å². The zero-order valence-corrected chi connectivity index (χ0v) is 12.2. The number of aliphatic hydroxyl groups is 1. The van der Waals surface area contributed by atoms with E-state index < -0.39 is 0 Å². The molecule has 0 atom stereocenters. The maximum absolute atomic E-state index is 9.69. The Morgan fingerprint density at radius 1 is 1.00 bits per heavy atom. The van der Waals surface area contributed by atoms with Crippen molar-refractivity contribution in [1.82, 2.24) is 5.16 Å². The van der Waals surface area contributed by atoms with Crippen molar-refractivity contribution >= 4 is 15.9 Å². The van der Waals surface area contributed by atoms with Crippen molar-refractivity contribution in [2.45, 2.75) is 6.61 Å². The molecule has 3 nitrogen and oxygen atoms in total. The van der Waals surface area contributed by atoms with E-state index in [-0.39, 0.29) is 6.61 Å². The first-order valence-corrected chi connectivity index (χ1v) is 7.00. The third-order valence-electron chi connectivity index (χ3n) is 3.11. The van der Waals surface area contributed by atoms with Gasteiger partial charge in [0.1, 0.15) is 5.69 Å². The fourth-order valence-electron chi connectivity index (χ4n) is 2.14. The van der Waals surface area contributed by atoms with E-state index in [1.165, 1.54) is 0 Å². The highest BCUT2D eigenvalue weighted by atomic mass is 79.9. The maximum atomic E-state index is 9.69. The molecule has 100 valence electrons. The number of aromatic nitrogens is 1. The molecule has 4 heteroatoms. The molecule has 1 N–H and O–H groups in total. The Labute approximate surface area is 125 Å². The molecule has 0 spiro atoms. The molecule has 0 radical (unpaired) electrons. The third kappa shape index (κ3) is 2.28. The van der Waals surface area contributed by atoms with Crippen molar-refractivity contribution in [3.63, 3.8) is 0 Å². The minimum absolute atomic E-state index is 0.121. The van der Waals surface area contributed by atoms with Crippen LogP contribution in [0.15, 0.2) is 63.6 Å². The second-order valence-electron chi connectivity index (χ2n) is 4.34. The molecule has 3 aromatic rings. The molecule has 0 unspecified atom stereocenters. The van der Waals surface area contributed by atoms with Crippen LogP contribution in [0.1, 0.15) is 5.56 Å². The first-order chi connectivity index (χ1) is 9.81. The number of halogens is 1. The largest absolute Gasteiger partial charge is 0.391 e. The molecule has 0 bridgehead atoms. The summed E-state index contributed by atoms with van der Waals surface area (Å²) in [5, 5.41) is 13.8. The average Bonchev–Trinajstić information content (AvgIpc) is 2.92. The average molecular weight is 330 g/mol. The lowest BCUT2D eigenvalue weighted by Crippen LogP contribution is -1.89. The summed E-state index contributed by atoms with van der Waals surface area (Å²) in [6.45, 7) is -0.121. The number of nitrogens with zero attached hydrogens (tertiary/aromatic N) is 1. The van der Waals surface area contributed by atoms with Gasteiger partial charge in [-0.3, -0.25) is 0 Å². The summed E-state index contributed by atoms with van der Waals surface area (Å²) in [5.41, 5.74) is 3.19. The minimum Gasteiger partial charge on any atom is -0.391 e. The topological polar surface area (TPSA) is 46.3 Å². The number of hydrogen-bond acceptors (Lipinski definition) is 3. The van der Waals surface area contributed by atoms with Gasteiger partial charge < -0.3 is 9.63 Å². The predicted molar refractivity (Wildman–Crippen MR) is 81.0 cm³/mol. The first kappa shape index (κ1) is 13.1. The molecule has 2 aromatic carbocycles. The van der Waals surface area contributed by atoms with Gasteiger partial charge in [0.2, 0.25) is 0 Å². The van der Waals surface area contributed by atoms with Crippen LogP contribution in [0.3, 0.4) is 0 Å². The molecule has 0 saturated carbocycles. The van der Waals surface area contributed by atoms with Crippen molar-refractivity contribution < 1.29 is 9.63 Å². The zero-order chi connectivity index (χ0) is 13.9. The highest BCUT2D eigenvalue weighted by Gasteiger charge is 2.19. The van der Waals surface area contributed by atoms with Gasteiger partial charge in [-0.15, -0.1) is 0 Å². The van der Waals surface area contributed by atoms with E-state index in [0.717, 1.165) is 15.6 Å². The van der Waals surface area contributed by atoms with Gasteiger partial charge in [-0.05, 0) is 12.1 Å². The number of hydrogen-bond donors (Lipinski definition) is 1. The molecule has 0 aliphatic carbocycles. The van der Waals surface area contributed by atoms with E-state index in [1.807, 2.05) is 54.6 Å². The zero-order valence-electron chi connectivity index (χ0n) is 10.6. The van der Waals surface area contributed by atoms with E-state index in [0.29, 0.717) is 17.0 Å². The van der Waals surface area contributed by atoms with Crippen molar-refractivity contribution in [3.05, 3.63) is 64.6 Å². The van der Waals surface area contributed by atoms with Crippen LogP contribution >= 0.6 is 15.9 Å². The summed E-state index contributed by atoms with van der Waals surface area (Å²) in [6, 6.07) is 17.4. The van der Waals surface area contributed by atoms with E-state index >= 15 is 0 Å². The van der Waals surface area contributed by atoms with Gasteiger partial charge in [0.25, 0.3) is 0 Å². The van der Waals surface area contributed by atoms with Crippen LogP contribution < -0.4 is 0 Å². The Morgan fingerprint density at radius 3 is 2.40 bits per heavy atom. The van der Waals surface area contributed by atoms with Gasteiger partial charge in [0, 0.05) is 15.6 Å². The van der Waals surface area contributed by atoms with Gasteiger partial charge in [-0.2, -0.15) is 0 Å². The summed E-state index contributed by atoms with van der Waals surface area (Å²) >= 11 is 3.49. The van der Waals surface area contributed by atoms with Crippen LogP contribution in [0.4, 0.5) is 0 Å². The Balaban J connectivity index is 2.16. The summed E-state index contributed by atoms with van der Waals surface area (Å²) in [5.74, 6) is 0.596. The van der Waals surface area contributed by atoms with Crippen molar-refractivity contribution in [3.8, 4) is 22.6 Å². The van der Waals surface area contributed by atoms with Crippen molar-refractivity contribution in [2.24, 2.45) is 0 Å². The fourth-order valence-corrected chi connectivity index (χ4v) is 2.60. The molecule has 3 rings (SSSR count). The van der Waals surface area contributed by atoms with Crippen LogP contribution in [0.2, 0.25) is 0 Å². The summed E-state index contributed by atoms with van der Waals surface area (Å²) in [7, 11) is 0. The molecular formula is C16H12BrNO2. The predicted octanol–water partition coefficient (Wildman–Crippen LogP) is 4.26.